The van der Waals surface area contributed by atoms with Gasteiger partial charge in [-0.25, -0.2) is 0 Å². The second-order valence-corrected chi connectivity index (χ2v) is 23.9. The highest BCUT2D eigenvalue weighted by Gasteiger charge is 2.18. The van der Waals surface area contributed by atoms with Crippen molar-refractivity contribution < 1.29 is 24.5 Å². The normalized spacial score (nSPS) is 12.9. The maximum absolute atomic E-state index is 12.5. The highest BCUT2D eigenvalue weighted by Crippen LogP contribution is 2.17. The van der Waals surface area contributed by atoms with E-state index in [4.69, 9.17) is 4.74 Å². The van der Waals surface area contributed by atoms with E-state index < -0.39 is 12.1 Å². The van der Waals surface area contributed by atoms with E-state index in [1.54, 1.807) is 6.08 Å². The fourth-order valence-electron chi connectivity index (χ4n) is 10.6. The maximum atomic E-state index is 12.5. The summed E-state index contributed by atoms with van der Waals surface area (Å²) in [6, 6.07) is -0.629. The molecule has 0 aromatic heterocycles. The molecule has 3 N–H and O–H groups in total. The summed E-state index contributed by atoms with van der Waals surface area (Å²) in [4.78, 5) is 24.6. The van der Waals surface area contributed by atoms with Crippen LogP contribution in [0.3, 0.4) is 0 Å². The number of ether oxygens (including phenoxy) is 1. The van der Waals surface area contributed by atoms with Gasteiger partial charge in [0.15, 0.2) is 0 Å². The molecule has 0 aromatic carbocycles. The van der Waals surface area contributed by atoms with E-state index in [2.05, 4.69) is 67.8 Å². The summed E-state index contributed by atoms with van der Waals surface area (Å²) in [5.41, 5.74) is 0. The minimum atomic E-state index is -0.846. The van der Waals surface area contributed by atoms with Gasteiger partial charge in [-0.15, -0.1) is 0 Å². The van der Waals surface area contributed by atoms with Gasteiger partial charge in [-0.1, -0.05) is 319 Å². The molecule has 79 heavy (non-hydrogen) atoms. The second kappa shape index (κ2) is 68.1. The lowest BCUT2D eigenvalue weighted by molar-refractivity contribution is -0.143. The Morgan fingerprint density at radius 2 is 0.633 bits per heavy atom. The van der Waals surface area contributed by atoms with Gasteiger partial charge in [-0.05, 0) is 96.3 Å². The predicted octanol–water partition coefficient (Wildman–Crippen LogP) is 22.6. The Morgan fingerprint density at radius 1 is 0.354 bits per heavy atom. The summed E-state index contributed by atoms with van der Waals surface area (Å²) in [5.74, 6) is -0.0606. The number of rotatable bonds is 65. The third-order valence-electron chi connectivity index (χ3n) is 16.0. The van der Waals surface area contributed by atoms with E-state index in [1.165, 1.54) is 283 Å². The highest BCUT2D eigenvalue weighted by molar-refractivity contribution is 5.76. The van der Waals surface area contributed by atoms with Crippen molar-refractivity contribution in [2.75, 3.05) is 13.2 Å². The first-order chi connectivity index (χ1) is 39.0. The predicted molar refractivity (Wildman–Crippen MR) is 347 cm³/mol. The molecule has 0 saturated carbocycles. The van der Waals surface area contributed by atoms with Gasteiger partial charge in [-0.2, -0.15) is 0 Å². The van der Waals surface area contributed by atoms with Crippen LogP contribution in [-0.2, 0) is 14.3 Å². The molecule has 2 atom stereocenters. The Labute approximate surface area is 492 Å². The van der Waals surface area contributed by atoms with Crippen molar-refractivity contribution in [3.63, 3.8) is 0 Å². The average Bonchev–Trinajstić information content (AvgIpc) is 3.45. The van der Waals surface area contributed by atoms with E-state index in [0.717, 1.165) is 57.8 Å². The Kier molecular flexibility index (Phi) is 66.0. The Hall–Kier alpha value is -2.44. The van der Waals surface area contributed by atoms with Gasteiger partial charge < -0.3 is 20.3 Å². The van der Waals surface area contributed by atoms with Gasteiger partial charge in [0.05, 0.1) is 25.4 Å². The number of esters is 1. The Balaban J connectivity index is 3.41. The van der Waals surface area contributed by atoms with E-state index in [1.807, 2.05) is 6.08 Å². The molecule has 0 heterocycles. The number of amides is 1. The molecule has 6 nitrogen and oxygen atoms in total. The van der Waals surface area contributed by atoms with E-state index >= 15 is 0 Å². The van der Waals surface area contributed by atoms with Crippen LogP contribution in [-0.4, -0.2) is 47.4 Å². The first-order valence-electron chi connectivity index (χ1n) is 35.1. The molecule has 0 bridgehead atoms. The lowest BCUT2D eigenvalue weighted by Gasteiger charge is -2.20. The van der Waals surface area contributed by atoms with Crippen molar-refractivity contribution >= 4 is 11.9 Å². The molecule has 0 aliphatic rings. The van der Waals surface area contributed by atoms with Gasteiger partial charge in [-0.3, -0.25) is 9.59 Å². The number of carbonyl (C=O) groups is 2. The summed E-state index contributed by atoms with van der Waals surface area (Å²) in [6.45, 7) is 4.89. The SMILES string of the molecule is CCCCC/C=C\C/C=C\CCCCCCCCCCCC(=O)OCCCCCCCCCCC/C=C\C/C=C\CCCCCCCCCCCCCCCC(=O)NC(CO)C(O)/C=C/CCCCCCCCCCCCCC. The zero-order valence-electron chi connectivity index (χ0n) is 52.9. The average molecular weight is 1110 g/mol. The van der Waals surface area contributed by atoms with Gasteiger partial charge in [0, 0.05) is 12.8 Å². The fraction of sp³-hybridized carbons (Fsp3) is 0.836. The molecule has 0 aliphatic carbocycles. The summed E-state index contributed by atoms with van der Waals surface area (Å²) in [6.07, 6.45) is 90.1. The van der Waals surface area contributed by atoms with Crippen molar-refractivity contribution in [1.82, 2.24) is 5.32 Å². The number of unbranched alkanes of at least 4 members (excludes halogenated alkanes) is 46. The van der Waals surface area contributed by atoms with E-state index in [9.17, 15) is 19.8 Å². The molecule has 0 aliphatic heterocycles. The first-order valence-corrected chi connectivity index (χ1v) is 35.1. The van der Waals surface area contributed by atoms with Gasteiger partial charge in [0.25, 0.3) is 0 Å². The summed E-state index contributed by atoms with van der Waals surface area (Å²) in [7, 11) is 0. The largest absolute Gasteiger partial charge is 0.466 e. The number of carbonyl (C=O) groups excluding carboxylic acids is 2. The minimum absolute atomic E-state index is 0.00772. The third kappa shape index (κ3) is 64.6. The molecule has 6 heteroatoms. The molecule has 1 amide bonds. The molecule has 2 unspecified atom stereocenters. The Morgan fingerprint density at radius 3 is 0.987 bits per heavy atom. The number of hydrogen-bond donors (Lipinski definition) is 3. The summed E-state index contributed by atoms with van der Waals surface area (Å²) in [5, 5.41) is 23.1. The zero-order chi connectivity index (χ0) is 57.1. The Bertz CT molecular complexity index is 1370. The van der Waals surface area contributed by atoms with Crippen molar-refractivity contribution in [2.24, 2.45) is 0 Å². The van der Waals surface area contributed by atoms with Crippen LogP contribution in [0, 0.1) is 0 Å². The summed E-state index contributed by atoms with van der Waals surface area (Å²) >= 11 is 0. The van der Waals surface area contributed by atoms with Crippen LogP contribution in [0.15, 0.2) is 60.8 Å². The van der Waals surface area contributed by atoms with Crippen LogP contribution in [0.1, 0.15) is 367 Å². The molecule has 0 rings (SSSR count). The highest BCUT2D eigenvalue weighted by atomic mass is 16.5. The van der Waals surface area contributed by atoms with Crippen LogP contribution in [0.5, 0.6) is 0 Å². The van der Waals surface area contributed by atoms with Crippen molar-refractivity contribution in [1.29, 1.82) is 0 Å². The molecule has 0 saturated heterocycles. The third-order valence-corrected chi connectivity index (χ3v) is 16.0. The van der Waals surface area contributed by atoms with E-state index in [0.29, 0.717) is 19.4 Å². The molecule has 0 fully saturated rings. The number of allylic oxidation sites excluding steroid dienone is 9. The second-order valence-electron chi connectivity index (χ2n) is 23.9. The van der Waals surface area contributed by atoms with E-state index in [-0.39, 0.29) is 18.5 Å². The smallest absolute Gasteiger partial charge is 0.305 e. The molecule has 0 aromatic rings. The monoisotopic (exact) mass is 1110 g/mol. The molecule has 0 spiro atoms. The van der Waals surface area contributed by atoms with Gasteiger partial charge in [0.1, 0.15) is 0 Å². The first kappa shape index (κ1) is 76.6. The van der Waals surface area contributed by atoms with Crippen LogP contribution >= 0.6 is 0 Å². The van der Waals surface area contributed by atoms with Crippen LogP contribution in [0.4, 0.5) is 0 Å². The number of hydrogen-bond acceptors (Lipinski definition) is 5. The van der Waals surface area contributed by atoms with Crippen LogP contribution in [0.2, 0.25) is 0 Å². The van der Waals surface area contributed by atoms with Crippen LogP contribution in [0.25, 0.3) is 0 Å². The standard InChI is InChI=1S/C73H135NO5/c1-3-5-7-9-11-13-15-17-19-20-32-36-39-43-47-51-55-59-63-67-73(78)79-68-64-60-56-52-48-44-40-37-34-31-29-27-25-23-21-22-24-26-28-30-33-35-38-42-46-50-54-58-62-66-72(77)74-70(69-75)71(76)65-61-57-53-49-45-41-18-16-14-12-10-8-6-4-2/h11,13,17,19,21,23,27,29,61,65,70-71,75-76H,3-10,12,14-16,18,20,22,24-26,28,30-60,62-64,66-69H2,1-2H3,(H,74,77)/b13-11-,19-17-,23-21-,29-27-,65-61+. The maximum Gasteiger partial charge on any atom is 0.305 e. The molecule has 462 valence electrons. The molecular formula is C73H135NO5. The quantitative estimate of drug-likeness (QED) is 0.0320. The fourth-order valence-corrected chi connectivity index (χ4v) is 10.6. The number of aliphatic hydroxyl groups excluding tert-OH is 2. The van der Waals surface area contributed by atoms with Gasteiger partial charge >= 0.3 is 5.97 Å². The zero-order valence-corrected chi connectivity index (χ0v) is 52.9. The van der Waals surface area contributed by atoms with Crippen molar-refractivity contribution in [3.8, 4) is 0 Å². The summed E-state index contributed by atoms with van der Waals surface area (Å²) < 4.78 is 5.50. The molecule has 0 radical (unpaired) electrons. The topological polar surface area (TPSA) is 95.9 Å². The lowest BCUT2D eigenvalue weighted by atomic mass is 10.0. The van der Waals surface area contributed by atoms with Gasteiger partial charge in [0.2, 0.25) is 5.91 Å². The number of nitrogens with one attached hydrogen (secondary N) is 1. The van der Waals surface area contributed by atoms with Crippen molar-refractivity contribution in [2.45, 2.75) is 379 Å². The molecular weight excluding hydrogens is 971 g/mol. The van der Waals surface area contributed by atoms with Crippen LogP contribution < -0.4 is 5.32 Å². The van der Waals surface area contributed by atoms with Crippen molar-refractivity contribution in [3.05, 3.63) is 60.8 Å². The number of aliphatic hydroxyl groups is 2. The lowest BCUT2D eigenvalue weighted by Crippen LogP contribution is -2.45. The minimum Gasteiger partial charge on any atom is -0.466 e.